The van der Waals surface area contributed by atoms with E-state index in [9.17, 15) is 4.79 Å². The van der Waals surface area contributed by atoms with Crippen molar-refractivity contribution in [3.05, 3.63) is 12.4 Å². The first-order chi connectivity index (χ1) is 9.72. The number of amides is 1. The van der Waals surface area contributed by atoms with Gasteiger partial charge in [-0.1, -0.05) is 6.92 Å². The average Bonchev–Trinajstić information content (AvgIpc) is 2.48. The number of carbonyl (C=O) groups excluding carboxylic acids is 1. The fourth-order valence-corrected chi connectivity index (χ4v) is 2.36. The van der Waals surface area contributed by atoms with E-state index >= 15 is 0 Å². The third-order valence-electron chi connectivity index (χ3n) is 3.35. The summed E-state index contributed by atoms with van der Waals surface area (Å²) >= 11 is 0. The lowest BCUT2D eigenvalue weighted by atomic mass is 10.1. The number of nitrogens with one attached hydrogen (secondary N) is 1. The summed E-state index contributed by atoms with van der Waals surface area (Å²) in [6.07, 6.45) is 4.11. The Hall–Kier alpha value is -1.85. The van der Waals surface area contributed by atoms with Crippen molar-refractivity contribution in [2.24, 2.45) is 0 Å². The van der Waals surface area contributed by atoms with E-state index in [0.29, 0.717) is 18.9 Å². The second-order valence-electron chi connectivity index (χ2n) is 4.85. The molecule has 1 aliphatic rings. The second kappa shape index (κ2) is 7.07. The highest BCUT2D eigenvalue weighted by molar-refractivity contribution is 5.75. The third kappa shape index (κ3) is 3.82. The number of rotatable bonds is 5. The third-order valence-corrected chi connectivity index (χ3v) is 3.35. The fraction of sp³-hybridized carbons (Fsp3) is 0.643. The summed E-state index contributed by atoms with van der Waals surface area (Å²) in [6.45, 7) is 6.12. The van der Waals surface area contributed by atoms with Crippen molar-refractivity contribution in [2.45, 2.75) is 39.2 Å². The molecule has 1 aromatic rings. The number of aromatic nitrogens is 2. The van der Waals surface area contributed by atoms with Gasteiger partial charge < -0.3 is 15.0 Å². The maximum absolute atomic E-state index is 11.5. The molecule has 0 aromatic carbocycles. The van der Waals surface area contributed by atoms with Gasteiger partial charge in [-0.2, -0.15) is 0 Å². The SMILES string of the molecule is CCOc1cc(N2CCCC(NC(=O)CC)C2)ncn1. The number of carbonyl (C=O) groups is 1. The van der Waals surface area contributed by atoms with Crippen molar-refractivity contribution in [1.29, 1.82) is 0 Å². The van der Waals surface area contributed by atoms with Gasteiger partial charge in [0.15, 0.2) is 0 Å². The Morgan fingerprint density at radius 3 is 3.10 bits per heavy atom. The number of piperidine rings is 1. The topological polar surface area (TPSA) is 67.3 Å². The lowest BCUT2D eigenvalue weighted by molar-refractivity contribution is -0.121. The van der Waals surface area contributed by atoms with Gasteiger partial charge in [0.05, 0.1) is 6.61 Å². The van der Waals surface area contributed by atoms with Gasteiger partial charge in [-0.15, -0.1) is 0 Å². The molecule has 2 heterocycles. The minimum atomic E-state index is 0.106. The molecular weight excluding hydrogens is 256 g/mol. The molecule has 6 heteroatoms. The Kier molecular flexibility index (Phi) is 5.15. The van der Waals surface area contributed by atoms with Gasteiger partial charge in [0.1, 0.15) is 12.1 Å². The lowest BCUT2D eigenvalue weighted by Gasteiger charge is -2.33. The fourth-order valence-electron chi connectivity index (χ4n) is 2.36. The monoisotopic (exact) mass is 278 g/mol. The van der Waals surface area contributed by atoms with E-state index in [1.807, 2.05) is 19.9 Å². The Morgan fingerprint density at radius 2 is 2.35 bits per heavy atom. The molecular formula is C14H22N4O2. The van der Waals surface area contributed by atoms with Gasteiger partial charge in [-0.05, 0) is 19.8 Å². The molecule has 20 heavy (non-hydrogen) atoms. The Labute approximate surface area is 119 Å². The molecule has 1 amide bonds. The predicted octanol–water partition coefficient (Wildman–Crippen LogP) is 1.37. The molecule has 0 aliphatic carbocycles. The lowest BCUT2D eigenvalue weighted by Crippen LogP contribution is -2.47. The zero-order chi connectivity index (χ0) is 14.4. The average molecular weight is 278 g/mol. The predicted molar refractivity (Wildman–Crippen MR) is 76.9 cm³/mol. The standard InChI is InChI=1S/C14H22N4O2/c1-3-13(19)17-11-6-5-7-18(9-11)12-8-14(20-4-2)16-10-15-12/h8,10-11H,3-7,9H2,1-2H3,(H,17,19). The quantitative estimate of drug-likeness (QED) is 0.881. The summed E-state index contributed by atoms with van der Waals surface area (Å²) in [7, 11) is 0. The second-order valence-corrected chi connectivity index (χ2v) is 4.85. The van der Waals surface area contributed by atoms with Crippen molar-refractivity contribution >= 4 is 11.7 Å². The maximum atomic E-state index is 11.5. The van der Waals surface area contributed by atoms with Crippen LogP contribution >= 0.6 is 0 Å². The largest absolute Gasteiger partial charge is 0.478 e. The molecule has 1 N–H and O–H groups in total. The Balaban J connectivity index is 2.01. The van der Waals surface area contributed by atoms with Gasteiger partial charge in [0, 0.05) is 31.6 Å². The first-order valence-electron chi connectivity index (χ1n) is 7.22. The highest BCUT2D eigenvalue weighted by Gasteiger charge is 2.22. The highest BCUT2D eigenvalue weighted by Crippen LogP contribution is 2.20. The van der Waals surface area contributed by atoms with Crippen LogP contribution in [0.1, 0.15) is 33.1 Å². The molecule has 1 aliphatic heterocycles. The van der Waals surface area contributed by atoms with Crippen LogP contribution in [0, 0.1) is 0 Å². The molecule has 1 aromatic heterocycles. The van der Waals surface area contributed by atoms with E-state index < -0.39 is 0 Å². The van der Waals surface area contributed by atoms with Crippen LogP contribution in [0.5, 0.6) is 5.88 Å². The first-order valence-corrected chi connectivity index (χ1v) is 7.22. The summed E-state index contributed by atoms with van der Waals surface area (Å²) in [4.78, 5) is 22.0. The van der Waals surface area contributed by atoms with Gasteiger partial charge in [0.2, 0.25) is 11.8 Å². The van der Waals surface area contributed by atoms with Crippen LogP contribution < -0.4 is 15.0 Å². The number of nitrogens with zero attached hydrogens (tertiary/aromatic N) is 3. The van der Waals surface area contributed by atoms with E-state index in [1.165, 1.54) is 6.33 Å². The molecule has 110 valence electrons. The molecule has 2 rings (SSSR count). The number of anilines is 1. The summed E-state index contributed by atoms with van der Waals surface area (Å²) in [5.74, 6) is 1.56. The van der Waals surface area contributed by atoms with E-state index in [-0.39, 0.29) is 11.9 Å². The highest BCUT2D eigenvalue weighted by atomic mass is 16.5. The van der Waals surface area contributed by atoms with Gasteiger partial charge >= 0.3 is 0 Å². The molecule has 1 atom stereocenters. The molecule has 6 nitrogen and oxygen atoms in total. The minimum absolute atomic E-state index is 0.106. The van der Waals surface area contributed by atoms with Gasteiger partial charge in [-0.3, -0.25) is 4.79 Å². The van der Waals surface area contributed by atoms with Crippen molar-refractivity contribution < 1.29 is 9.53 Å². The van der Waals surface area contributed by atoms with Crippen LogP contribution in [0.25, 0.3) is 0 Å². The van der Waals surface area contributed by atoms with Crippen molar-refractivity contribution in [1.82, 2.24) is 15.3 Å². The molecule has 1 fully saturated rings. The van der Waals surface area contributed by atoms with Crippen LogP contribution in [-0.4, -0.2) is 41.6 Å². The molecule has 0 bridgehead atoms. The van der Waals surface area contributed by atoms with Crippen molar-refractivity contribution in [3.8, 4) is 5.88 Å². The maximum Gasteiger partial charge on any atom is 0.219 e. The normalized spacial score (nSPS) is 18.7. The van der Waals surface area contributed by atoms with E-state index in [2.05, 4.69) is 20.2 Å². The smallest absolute Gasteiger partial charge is 0.219 e. The summed E-state index contributed by atoms with van der Waals surface area (Å²) in [6, 6.07) is 2.05. The van der Waals surface area contributed by atoms with E-state index in [4.69, 9.17) is 4.74 Å². The molecule has 1 saturated heterocycles. The van der Waals surface area contributed by atoms with Gasteiger partial charge in [0.25, 0.3) is 0 Å². The summed E-state index contributed by atoms with van der Waals surface area (Å²) in [5, 5.41) is 3.05. The number of hydrogen-bond acceptors (Lipinski definition) is 5. The molecule has 0 saturated carbocycles. The zero-order valence-corrected chi connectivity index (χ0v) is 12.1. The van der Waals surface area contributed by atoms with Crippen LogP contribution in [-0.2, 0) is 4.79 Å². The van der Waals surface area contributed by atoms with Crippen LogP contribution in [0.15, 0.2) is 12.4 Å². The van der Waals surface area contributed by atoms with Crippen LogP contribution in [0.4, 0.5) is 5.82 Å². The van der Waals surface area contributed by atoms with Crippen molar-refractivity contribution in [2.75, 3.05) is 24.6 Å². The summed E-state index contributed by atoms with van der Waals surface area (Å²) < 4.78 is 5.40. The molecule has 0 radical (unpaired) electrons. The Bertz CT molecular complexity index is 453. The van der Waals surface area contributed by atoms with E-state index in [1.54, 1.807) is 0 Å². The Morgan fingerprint density at radius 1 is 1.50 bits per heavy atom. The first kappa shape index (κ1) is 14.6. The van der Waals surface area contributed by atoms with Crippen molar-refractivity contribution in [3.63, 3.8) is 0 Å². The number of ether oxygens (including phenoxy) is 1. The van der Waals surface area contributed by atoms with Crippen LogP contribution in [0.2, 0.25) is 0 Å². The molecule has 0 spiro atoms. The van der Waals surface area contributed by atoms with Crippen LogP contribution in [0.3, 0.4) is 0 Å². The van der Waals surface area contributed by atoms with E-state index in [0.717, 1.165) is 31.7 Å². The summed E-state index contributed by atoms with van der Waals surface area (Å²) in [5.41, 5.74) is 0. The minimum Gasteiger partial charge on any atom is -0.478 e. The number of hydrogen-bond donors (Lipinski definition) is 1. The molecule has 1 unspecified atom stereocenters. The zero-order valence-electron chi connectivity index (χ0n) is 12.1. The van der Waals surface area contributed by atoms with Gasteiger partial charge in [-0.25, -0.2) is 9.97 Å².